The summed E-state index contributed by atoms with van der Waals surface area (Å²) >= 11 is 0. The molecule has 1 aromatic heterocycles. The minimum Gasteiger partial charge on any atom is -0.453 e. The molecule has 112 valence electrons. The van der Waals surface area contributed by atoms with Crippen LogP contribution in [0.15, 0.2) is 18.2 Å². The van der Waals surface area contributed by atoms with Crippen molar-refractivity contribution in [2.75, 3.05) is 25.5 Å². The van der Waals surface area contributed by atoms with Crippen molar-refractivity contribution in [3.05, 3.63) is 23.9 Å². The van der Waals surface area contributed by atoms with Crippen molar-refractivity contribution in [2.24, 2.45) is 5.92 Å². The van der Waals surface area contributed by atoms with Crippen LogP contribution in [-0.2, 0) is 11.3 Å². The molecule has 0 bridgehead atoms. The molecule has 1 aromatic rings. The summed E-state index contributed by atoms with van der Waals surface area (Å²) in [7, 11) is 1.34. The molecule has 20 heavy (non-hydrogen) atoms. The van der Waals surface area contributed by atoms with Crippen LogP contribution >= 0.6 is 0 Å². The van der Waals surface area contributed by atoms with Gasteiger partial charge in [0.25, 0.3) is 0 Å². The number of carbonyl (C=O) groups excluding carboxylic acids is 1. The molecule has 1 aliphatic rings. The molecule has 5 heteroatoms. The highest BCUT2D eigenvalue weighted by Crippen LogP contribution is 2.20. The van der Waals surface area contributed by atoms with Crippen molar-refractivity contribution in [3.8, 4) is 0 Å². The van der Waals surface area contributed by atoms with Crippen LogP contribution < -0.4 is 5.32 Å². The van der Waals surface area contributed by atoms with E-state index in [1.54, 1.807) is 6.07 Å². The predicted molar refractivity (Wildman–Crippen MR) is 80.7 cm³/mol. The lowest BCUT2D eigenvalue weighted by Crippen LogP contribution is -2.45. The van der Waals surface area contributed by atoms with Gasteiger partial charge in [-0.25, -0.2) is 9.78 Å². The lowest BCUT2D eigenvalue weighted by molar-refractivity contribution is 0.0885. The summed E-state index contributed by atoms with van der Waals surface area (Å²) in [6.45, 7) is 9.36. The fourth-order valence-electron chi connectivity index (χ4n) is 2.09. The molecule has 1 aliphatic heterocycles. The number of rotatable bonds is 4. The summed E-state index contributed by atoms with van der Waals surface area (Å²) in [5.41, 5.74) is 0.971. The highest BCUT2D eigenvalue weighted by Gasteiger charge is 2.24. The molecule has 0 aliphatic carbocycles. The van der Waals surface area contributed by atoms with Crippen LogP contribution in [0.4, 0.5) is 10.6 Å². The number of hydrogen-bond donors (Lipinski definition) is 1. The molecule has 0 unspecified atom stereocenters. The molecule has 0 atom stereocenters. The number of pyridine rings is 1. The van der Waals surface area contributed by atoms with Crippen LogP contribution in [0, 0.1) is 5.92 Å². The molecule has 0 aromatic carbocycles. The van der Waals surface area contributed by atoms with E-state index in [1.165, 1.54) is 13.5 Å². The number of carbonyl (C=O) groups is 1. The molecule has 5 nitrogen and oxygen atoms in total. The van der Waals surface area contributed by atoms with Crippen LogP contribution in [0.5, 0.6) is 0 Å². The van der Waals surface area contributed by atoms with E-state index in [0.29, 0.717) is 5.82 Å². The highest BCUT2D eigenvalue weighted by molar-refractivity contribution is 5.83. The first kappa shape index (κ1) is 16.4. The minimum atomic E-state index is -0.491. The van der Waals surface area contributed by atoms with Gasteiger partial charge in [-0.05, 0) is 18.1 Å². The number of ether oxygens (including phenoxy) is 1. The van der Waals surface area contributed by atoms with Gasteiger partial charge in [-0.3, -0.25) is 10.2 Å². The Morgan fingerprint density at radius 3 is 2.75 bits per heavy atom. The normalized spacial score (nSPS) is 14.8. The second-order valence-electron chi connectivity index (χ2n) is 4.60. The van der Waals surface area contributed by atoms with Gasteiger partial charge in [0.15, 0.2) is 0 Å². The standard InChI is InChI=1S/C13H19N3O2.C2H6/c1-3-10-7-16(8-10)9-11-5-4-6-12(14-11)15-13(17)18-2;1-2/h4-6,10H,3,7-9H2,1-2H3,(H,14,15,17);1-2H3. The van der Waals surface area contributed by atoms with E-state index in [-0.39, 0.29) is 0 Å². The molecule has 1 amide bonds. The molecule has 1 N–H and O–H groups in total. The second-order valence-corrected chi connectivity index (χ2v) is 4.60. The van der Waals surface area contributed by atoms with Gasteiger partial charge in [0.2, 0.25) is 0 Å². The Kier molecular flexibility index (Phi) is 7.01. The van der Waals surface area contributed by atoms with E-state index < -0.39 is 6.09 Å². The summed E-state index contributed by atoms with van der Waals surface area (Å²) in [4.78, 5) is 17.8. The van der Waals surface area contributed by atoms with E-state index in [4.69, 9.17) is 0 Å². The summed E-state index contributed by atoms with van der Waals surface area (Å²) in [5, 5.41) is 2.57. The summed E-state index contributed by atoms with van der Waals surface area (Å²) in [6.07, 6.45) is 0.753. The summed E-state index contributed by atoms with van der Waals surface area (Å²) < 4.78 is 4.54. The van der Waals surface area contributed by atoms with Crippen LogP contribution in [0.1, 0.15) is 32.9 Å². The van der Waals surface area contributed by atoms with E-state index >= 15 is 0 Å². The third-order valence-corrected chi connectivity index (χ3v) is 3.22. The van der Waals surface area contributed by atoms with Crippen molar-refractivity contribution in [2.45, 2.75) is 33.7 Å². The lowest BCUT2D eigenvalue weighted by atomic mass is 9.97. The number of amides is 1. The van der Waals surface area contributed by atoms with E-state index in [0.717, 1.165) is 31.2 Å². The lowest BCUT2D eigenvalue weighted by Gasteiger charge is -2.38. The van der Waals surface area contributed by atoms with Gasteiger partial charge < -0.3 is 4.74 Å². The molecule has 0 radical (unpaired) electrons. The summed E-state index contributed by atoms with van der Waals surface area (Å²) in [6, 6.07) is 5.62. The largest absolute Gasteiger partial charge is 0.453 e. The maximum atomic E-state index is 11.1. The number of aromatic nitrogens is 1. The first-order valence-corrected chi connectivity index (χ1v) is 7.24. The van der Waals surface area contributed by atoms with Gasteiger partial charge in [0.05, 0.1) is 12.8 Å². The van der Waals surface area contributed by atoms with E-state index in [2.05, 4.69) is 26.9 Å². The molecular formula is C15H25N3O2. The number of hydrogen-bond acceptors (Lipinski definition) is 4. The van der Waals surface area contributed by atoms with Gasteiger partial charge in [-0.15, -0.1) is 0 Å². The molecular weight excluding hydrogens is 254 g/mol. The number of methoxy groups -OCH3 is 1. The zero-order valence-electron chi connectivity index (χ0n) is 12.8. The monoisotopic (exact) mass is 279 g/mol. The van der Waals surface area contributed by atoms with Crippen LogP contribution in [0.2, 0.25) is 0 Å². The topological polar surface area (TPSA) is 54.5 Å². The van der Waals surface area contributed by atoms with Crippen molar-refractivity contribution < 1.29 is 9.53 Å². The van der Waals surface area contributed by atoms with Crippen molar-refractivity contribution in [1.29, 1.82) is 0 Å². The molecule has 0 saturated carbocycles. The van der Waals surface area contributed by atoms with Gasteiger partial charge >= 0.3 is 6.09 Å². The Hall–Kier alpha value is -1.62. The van der Waals surface area contributed by atoms with Crippen LogP contribution in [-0.4, -0.2) is 36.2 Å². The van der Waals surface area contributed by atoms with E-state index in [9.17, 15) is 4.79 Å². The van der Waals surface area contributed by atoms with Crippen LogP contribution in [0.3, 0.4) is 0 Å². The molecule has 1 saturated heterocycles. The van der Waals surface area contributed by atoms with Crippen molar-refractivity contribution in [1.82, 2.24) is 9.88 Å². The van der Waals surface area contributed by atoms with Gasteiger partial charge in [-0.1, -0.05) is 33.3 Å². The molecule has 0 spiro atoms. The first-order chi connectivity index (χ1) is 9.71. The second kappa shape index (κ2) is 8.53. The number of likely N-dealkylation sites (tertiary alicyclic amines) is 1. The van der Waals surface area contributed by atoms with Crippen molar-refractivity contribution in [3.63, 3.8) is 0 Å². The maximum absolute atomic E-state index is 11.1. The minimum absolute atomic E-state index is 0.491. The zero-order valence-corrected chi connectivity index (χ0v) is 12.8. The van der Waals surface area contributed by atoms with Gasteiger partial charge in [0.1, 0.15) is 5.82 Å². The van der Waals surface area contributed by atoms with Gasteiger partial charge in [0, 0.05) is 19.6 Å². The number of anilines is 1. The average molecular weight is 279 g/mol. The van der Waals surface area contributed by atoms with Gasteiger partial charge in [-0.2, -0.15) is 0 Å². The quantitative estimate of drug-likeness (QED) is 0.920. The Bertz CT molecular complexity index is 417. The average Bonchev–Trinajstić information content (AvgIpc) is 2.44. The molecule has 2 heterocycles. The SMILES string of the molecule is CC.CCC1CN(Cc2cccc(NC(=O)OC)n2)C1. The summed E-state index contributed by atoms with van der Waals surface area (Å²) in [5.74, 6) is 1.37. The van der Waals surface area contributed by atoms with Crippen LogP contribution in [0.25, 0.3) is 0 Å². The zero-order chi connectivity index (χ0) is 15.0. The molecule has 2 rings (SSSR count). The molecule has 1 fully saturated rings. The fraction of sp³-hybridized carbons (Fsp3) is 0.600. The fourth-order valence-corrected chi connectivity index (χ4v) is 2.09. The Morgan fingerprint density at radius 1 is 1.45 bits per heavy atom. The Labute approximate surface area is 121 Å². The number of nitrogens with zero attached hydrogens (tertiary/aromatic N) is 2. The Morgan fingerprint density at radius 2 is 2.15 bits per heavy atom. The van der Waals surface area contributed by atoms with E-state index in [1.807, 2.05) is 26.0 Å². The smallest absolute Gasteiger partial charge is 0.412 e. The first-order valence-electron chi connectivity index (χ1n) is 7.24. The third-order valence-electron chi connectivity index (χ3n) is 3.22. The Balaban J connectivity index is 0.000000956. The van der Waals surface area contributed by atoms with Crippen molar-refractivity contribution >= 4 is 11.9 Å². The highest BCUT2D eigenvalue weighted by atomic mass is 16.5. The maximum Gasteiger partial charge on any atom is 0.412 e. The number of nitrogens with one attached hydrogen (secondary N) is 1. The third kappa shape index (κ3) is 4.81. The predicted octanol–water partition coefficient (Wildman–Crippen LogP) is 3.13.